The lowest BCUT2D eigenvalue weighted by molar-refractivity contribution is -0.126. The van der Waals surface area contributed by atoms with E-state index in [1.807, 2.05) is 73.7 Å². The molecule has 1 fully saturated rings. The van der Waals surface area contributed by atoms with Gasteiger partial charge in [0.05, 0.1) is 6.54 Å². The quantitative estimate of drug-likeness (QED) is 0.462. The molecule has 1 aliphatic heterocycles. The molecule has 0 aliphatic carbocycles. The van der Waals surface area contributed by atoms with Crippen LogP contribution in [-0.2, 0) is 4.79 Å². The van der Waals surface area contributed by atoms with Crippen LogP contribution in [0.3, 0.4) is 0 Å². The number of aryl methyl sites for hydroxylation is 1. The summed E-state index contributed by atoms with van der Waals surface area (Å²) in [7, 11) is 0. The van der Waals surface area contributed by atoms with Gasteiger partial charge >= 0.3 is 6.03 Å². The Labute approximate surface area is 175 Å². The van der Waals surface area contributed by atoms with Crippen molar-refractivity contribution in [2.45, 2.75) is 19.9 Å². The first-order valence-corrected chi connectivity index (χ1v) is 9.85. The minimum absolute atomic E-state index is 0.269. The van der Waals surface area contributed by atoms with Crippen LogP contribution < -0.4 is 4.90 Å². The van der Waals surface area contributed by atoms with Crippen LogP contribution in [0.15, 0.2) is 78.9 Å². The second-order valence-corrected chi connectivity index (χ2v) is 7.46. The van der Waals surface area contributed by atoms with Gasteiger partial charge in [-0.15, -0.1) is 0 Å². The van der Waals surface area contributed by atoms with E-state index in [2.05, 4.69) is 0 Å². The number of hydrogen-bond donors (Lipinski definition) is 0. The van der Waals surface area contributed by atoms with Crippen molar-refractivity contribution in [2.75, 3.05) is 11.4 Å². The van der Waals surface area contributed by atoms with Gasteiger partial charge in [0, 0.05) is 11.3 Å². The molecule has 0 spiro atoms. The van der Waals surface area contributed by atoms with Gasteiger partial charge < -0.3 is 0 Å². The van der Waals surface area contributed by atoms with Crippen molar-refractivity contribution in [1.29, 1.82) is 0 Å². The molecule has 0 radical (unpaired) electrons. The van der Waals surface area contributed by atoms with E-state index in [4.69, 9.17) is 0 Å². The minimum atomic E-state index is -0.645. The molecule has 3 amide bonds. The first kappa shape index (κ1) is 19.6. The zero-order valence-electron chi connectivity index (χ0n) is 16.9. The molecule has 0 aromatic heterocycles. The molecule has 1 unspecified atom stereocenters. The van der Waals surface area contributed by atoms with E-state index < -0.39 is 12.1 Å². The van der Waals surface area contributed by atoms with Gasteiger partial charge in [-0.3, -0.25) is 19.4 Å². The number of carbonyl (C=O) groups excluding carboxylic acids is 3. The Morgan fingerprint density at radius 3 is 2.07 bits per heavy atom. The number of carbonyl (C=O) groups is 3. The average molecular weight is 398 g/mol. The first-order valence-electron chi connectivity index (χ1n) is 9.85. The number of hydrogen-bond acceptors (Lipinski definition) is 3. The van der Waals surface area contributed by atoms with Gasteiger partial charge in [0.25, 0.3) is 5.91 Å². The monoisotopic (exact) mass is 398 g/mol. The number of amides is 3. The van der Waals surface area contributed by atoms with Crippen LogP contribution in [0.25, 0.3) is 11.1 Å². The standard InChI is InChI=1S/C25H22N2O3/c1-17-8-14-22(15-9-17)27-18(2)24(29)26(25(27)30)16-23(28)21-12-10-20(11-13-21)19-6-4-3-5-7-19/h3-15,18H,16H2,1-2H3. The molecule has 30 heavy (non-hydrogen) atoms. The number of Topliss-reactive ketones (excluding diaryl/α,β-unsaturated/α-hetero) is 1. The summed E-state index contributed by atoms with van der Waals surface area (Å²) in [5.74, 6) is -0.635. The Hall–Kier alpha value is -3.73. The van der Waals surface area contributed by atoms with Gasteiger partial charge in [-0.05, 0) is 37.1 Å². The van der Waals surface area contributed by atoms with Crippen LogP contribution in [0.2, 0.25) is 0 Å². The van der Waals surface area contributed by atoms with E-state index in [0.29, 0.717) is 11.3 Å². The van der Waals surface area contributed by atoms with Gasteiger partial charge in [-0.1, -0.05) is 72.3 Å². The lowest BCUT2D eigenvalue weighted by atomic mass is 10.0. The highest BCUT2D eigenvalue weighted by atomic mass is 16.2. The summed E-state index contributed by atoms with van der Waals surface area (Å²) in [6.07, 6.45) is 0. The third-order valence-electron chi connectivity index (χ3n) is 5.38. The SMILES string of the molecule is Cc1ccc(N2C(=O)N(CC(=O)c3ccc(-c4ccccc4)cc3)C(=O)C2C)cc1. The summed E-state index contributed by atoms with van der Waals surface area (Å²) >= 11 is 0. The number of anilines is 1. The number of nitrogens with zero attached hydrogens (tertiary/aromatic N) is 2. The molecule has 0 N–H and O–H groups in total. The fourth-order valence-corrected chi connectivity index (χ4v) is 3.62. The molecule has 1 atom stereocenters. The van der Waals surface area contributed by atoms with Gasteiger partial charge in [0.1, 0.15) is 6.04 Å². The van der Waals surface area contributed by atoms with Gasteiger partial charge in [-0.25, -0.2) is 4.79 Å². The van der Waals surface area contributed by atoms with E-state index in [-0.39, 0.29) is 18.2 Å². The second-order valence-electron chi connectivity index (χ2n) is 7.46. The molecular weight excluding hydrogens is 376 g/mol. The molecule has 5 heteroatoms. The van der Waals surface area contributed by atoms with Crippen molar-refractivity contribution in [3.05, 3.63) is 90.0 Å². The molecule has 3 aromatic carbocycles. The zero-order valence-corrected chi connectivity index (χ0v) is 16.9. The van der Waals surface area contributed by atoms with Gasteiger partial charge in [0.2, 0.25) is 0 Å². The second kappa shape index (κ2) is 7.95. The van der Waals surface area contributed by atoms with Crippen LogP contribution >= 0.6 is 0 Å². The highest BCUT2D eigenvalue weighted by Crippen LogP contribution is 2.26. The van der Waals surface area contributed by atoms with Crippen LogP contribution in [-0.4, -0.2) is 35.2 Å². The summed E-state index contributed by atoms with van der Waals surface area (Å²) in [6.45, 7) is 3.37. The summed E-state index contributed by atoms with van der Waals surface area (Å²) < 4.78 is 0. The van der Waals surface area contributed by atoms with E-state index in [1.54, 1.807) is 19.1 Å². The van der Waals surface area contributed by atoms with Crippen molar-refractivity contribution < 1.29 is 14.4 Å². The summed E-state index contributed by atoms with van der Waals surface area (Å²) in [5.41, 5.74) is 4.24. The number of imide groups is 1. The van der Waals surface area contributed by atoms with Crippen LogP contribution in [0.1, 0.15) is 22.8 Å². The van der Waals surface area contributed by atoms with E-state index in [9.17, 15) is 14.4 Å². The molecule has 1 saturated heterocycles. The van der Waals surface area contributed by atoms with E-state index >= 15 is 0 Å². The Morgan fingerprint density at radius 1 is 0.833 bits per heavy atom. The number of benzene rings is 3. The maximum absolute atomic E-state index is 12.9. The number of ketones is 1. The Morgan fingerprint density at radius 2 is 1.43 bits per heavy atom. The van der Waals surface area contributed by atoms with Crippen LogP contribution in [0.4, 0.5) is 10.5 Å². The smallest absolute Gasteiger partial charge is 0.292 e. The molecule has 150 valence electrons. The van der Waals surface area contributed by atoms with Crippen molar-refractivity contribution in [3.8, 4) is 11.1 Å². The molecule has 0 saturated carbocycles. The Kier molecular flexibility index (Phi) is 5.19. The van der Waals surface area contributed by atoms with Crippen molar-refractivity contribution in [1.82, 2.24) is 4.90 Å². The third-order valence-corrected chi connectivity index (χ3v) is 5.38. The largest absolute Gasteiger partial charge is 0.332 e. The summed E-state index contributed by atoms with van der Waals surface area (Å²) in [5, 5.41) is 0. The predicted octanol–water partition coefficient (Wildman–Crippen LogP) is 4.70. The van der Waals surface area contributed by atoms with Crippen molar-refractivity contribution in [2.24, 2.45) is 0 Å². The fraction of sp³-hybridized carbons (Fsp3) is 0.160. The maximum atomic E-state index is 12.9. The molecule has 4 rings (SSSR count). The molecule has 3 aromatic rings. The third kappa shape index (κ3) is 3.62. The lowest BCUT2D eigenvalue weighted by Gasteiger charge is -2.19. The van der Waals surface area contributed by atoms with E-state index in [0.717, 1.165) is 21.6 Å². The summed E-state index contributed by atoms with van der Waals surface area (Å²) in [6, 6.07) is 23.4. The molecule has 1 heterocycles. The Balaban J connectivity index is 1.51. The highest BCUT2D eigenvalue weighted by Gasteiger charge is 2.44. The topological polar surface area (TPSA) is 57.7 Å². The highest BCUT2D eigenvalue weighted by molar-refractivity contribution is 6.16. The normalized spacial score (nSPS) is 16.3. The fourth-order valence-electron chi connectivity index (χ4n) is 3.62. The summed E-state index contributed by atoms with van der Waals surface area (Å²) in [4.78, 5) is 40.8. The molecule has 5 nitrogen and oxygen atoms in total. The molecule has 0 bridgehead atoms. The predicted molar refractivity (Wildman–Crippen MR) is 116 cm³/mol. The lowest BCUT2D eigenvalue weighted by Crippen LogP contribution is -2.37. The minimum Gasteiger partial charge on any atom is -0.292 e. The van der Waals surface area contributed by atoms with Crippen molar-refractivity contribution >= 4 is 23.4 Å². The van der Waals surface area contributed by atoms with Gasteiger partial charge in [-0.2, -0.15) is 0 Å². The van der Waals surface area contributed by atoms with Crippen molar-refractivity contribution in [3.63, 3.8) is 0 Å². The van der Waals surface area contributed by atoms with Gasteiger partial charge in [0.15, 0.2) is 5.78 Å². The number of rotatable bonds is 5. The van der Waals surface area contributed by atoms with E-state index in [1.165, 1.54) is 4.90 Å². The molecule has 1 aliphatic rings. The van der Waals surface area contributed by atoms with Crippen LogP contribution in [0, 0.1) is 6.92 Å². The first-order chi connectivity index (χ1) is 14.5. The Bertz CT molecular complexity index is 1090. The van der Waals surface area contributed by atoms with Crippen LogP contribution in [0.5, 0.6) is 0 Å². The average Bonchev–Trinajstić information content (AvgIpc) is 2.98. The molecular formula is C25H22N2O3. The maximum Gasteiger partial charge on any atom is 0.332 e. The zero-order chi connectivity index (χ0) is 21.3. The number of urea groups is 1.